The van der Waals surface area contributed by atoms with Crippen LogP contribution in [0.4, 0.5) is 10.5 Å². The SMILES string of the molecule is CCCCN1C(=O)NC(c2ccc(NC(=O)c3ccc(OC)cc3)cc2)C(C(=O)OCCOC)=C1C. The maximum Gasteiger partial charge on any atom is 0.338 e. The molecule has 0 radical (unpaired) electrons. The maximum absolute atomic E-state index is 13.0. The second-order valence-electron chi connectivity index (χ2n) is 8.32. The van der Waals surface area contributed by atoms with Crippen LogP contribution in [0.3, 0.4) is 0 Å². The smallest absolute Gasteiger partial charge is 0.338 e. The van der Waals surface area contributed by atoms with Crippen LogP contribution >= 0.6 is 0 Å². The zero-order valence-corrected chi connectivity index (χ0v) is 21.1. The van der Waals surface area contributed by atoms with E-state index < -0.39 is 12.0 Å². The number of anilines is 1. The number of esters is 1. The van der Waals surface area contributed by atoms with E-state index in [0.29, 0.717) is 40.4 Å². The number of unbranched alkanes of at least 4 members (excludes halogenated alkanes) is 1. The lowest BCUT2D eigenvalue weighted by Gasteiger charge is -2.35. The Labute approximate surface area is 211 Å². The first-order valence-electron chi connectivity index (χ1n) is 11.9. The van der Waals surface area contributed by atoms with Gasteiger partial charge in [0.15, 0.2) is 0 Å². The van der Waals surface area contributed by atoms with Crippen LogP contribution in [-0.4, -0.2) is 56.8 Å². The molecule has 0 fully saturated rings. The van der Waals surface area contributed by atoms with Crippen molar-refractivity contribution in [3.8, 4) is 5.75 Å². The molecule has 1 atom stereocenters. The Morgan fingerprint density at radius 1 is 1.03 bits per heavy atom. The van der Waals surface area contributed by atoms with Crippen LogP contribution in [0, 0.1) is 0 Å². The second kappa shape index (κ2) is 12.7. The highest BCUT2D eigenvalue weighted by atomic mass is 16.6. The lowest BCUT2D eigenvalue weighted by Crippen LogP contribution is -2.48. The van der Waals surface area contributed by atoms with E-state index in [0.717, 1.165) is 12.8 Å². The minimum Gasteiger partial charge on any atom is -0.497 e. The normalized spacial score (nSPS) is 15.4. The van der Waals surface area contributed by atoms with Gasteiger partial charge in [0.05, 0.1) is 25.3 Å². The van der Waals surface area contributed by atoms with Crippen LogP contribution < -0.4 is 15.4 Å². The Morgan fingerprint density at radius 2 is 1.72 bits per heavy atom. The van der Waals surface area contributed by atoms with Crippen molar-refractivity contribution < 1.29 is 28.6 Å². The van der Waals surface area contributed by atoms with Crippen molar-refractivity contribution in [1.82, 2.24) is 10.2 Å². The lowest BCUT2D eigenvalue weighted by atomic mass is 9.94. The average molecular weight is 496 g/mol. The van der Waals surface area contributed by atoms with E-state index in [1.807, 2.05) is 6.92 Å². The van der Waals surface area contributed by atoms with Crippen molar-refractivity contribution in [2.75, 3.05) is 39.3 Å². The monoisotopic (exact) mass is 495 g/mol. The number of amides is 3. The van der Waals surface area contributed by atoms with Gasteiger partial charge in [0, 0.05) is 30.6 Å². The van der Waals surface area contributed by atoms with E-state index in [-0.39, 0.29) is 25.2 Å². The number of rotatable bonds is 11. The van der Waals surface area contributed by atoms with Gasteiger partial charge < -0.3 is 24.8 Å². The summed E-state index contributed by atoms with van der Waals surface area (Å²) in [5.74, 6) is -0.104. The first kappa shape index (κ1) is 26.7. The molecule has 0 saturated carbocycles. The molecule has 1 unspecified atom stereocenters. The quantitative estimate of drug-likeness (QED) is 0.356. The highest BCUT2D eigenvalue weighted by Crippen LogP contribution is 2.32. The number of benzene rings is 2. The molecule has 2 aromatic rings. The molecule has 1 heterocycles. The molecule has 1 aliphatic rings. The molecule has 0 bridgehead atoms. The summed E-state index contributed by atoms with van der Waals surface area (Å²) in [5, 5.41) is 5.79. The van der Waals surface area contributed by atoms with Crippen LogP contribution in [0.25, 0.3) is 0 Å². The molecule has 9 heteroatoms. The number of carbonyl (C=O) groups excluding carboxylic acids is 3. The molecule has 36 heavy (non-hydrogen) atoms. The Morgan fingerprint density at radius 3 is 2.33 bits per heavy atom. The third-order valence-corrected chi connectivity index (χ3v) is 5.93. The van der Waals surface area contributed by atoms with Crippen molar-refractivity contribution in [3.63, 3.8) is 0 Å². The van der Waals surface area contributed by atoms with Crippen LogP contribution in [0.15, 0.2) is 59.8 Å². The van der Waals surface area contributed by atoms with E-state index >= 15 is 0 Å². The molecule has 0 spiro atoms. The molecule has 0 saturated heterocycles. The van der Waals surface area contributed by atoms with Gasteiger partial charge in [0.25, 0.3) is 5.91 Å². The Bertz CT molecular complexity index is 1100. The zero-order valence-electron chi connectivity index (χ0n) is 21.1. The predicted octanol–water partition coefficient (Wildman–Crippen LogP) is 4.28. The summed E-state index contributed by atoms with van der Waals surface area (Å²) in [5.41, 5.74) is 2.70. The maximum atomic E-state index is 13.0. The summed E-state index contributed by atoms with van der Waals surface area (Å²) in [4.78, 5) is 40.1. The first-order valence-corrected chi connectivity index (χ1v) is 11.9. The summed E-state index contributed by atoms with van der Waals surface area (Å²) < 4.78 is 15.5. The summed E-state index contributed by atoms with van der Waals surface area (Å²) in [6.07, 6.45) is 1.72. The number of hydrogen-bond donors (Lipinski definition) is 2. The number of allylic oxidation sites excluding steroid dienone is 1. The molecule has 2 N–H and O–H groups in total. The van der Waals surface area contributed by atoms with Gasteiger partial charge in [-0.15, -0.1) is 0 Å². The van der Waals surface area contributed by atoms with Crippen molar-refractivity contribution >= 4 is 23.6 Å². The predicted molar refractivity (Wildman–Crippen MR) is 136 cm³/mol. The largest absolute Gasteiger partial charge is 0.497 e. The van der Waals surface area contributed by atoms with Crippen molar-refractivity contribution in [1.29, 1.82) is 0 Å². The summed E-state index contributed by atoms with van der Waals surface area (Å²) in [7, 11) is 3.10. The topological polar surface area (TPSA) is 106 Å². The van der Waals surface area contributed by atoms with Gasteiger partial charge in [0.1, 0.15) is 12.4 Å². The minimum atomic E-state index is -0.684. The van der Waals surface area contributed by atoms with Crippen LogP contribution in [0.2, 0.25) is 0 Å². The van der Waals surface area contributed by atoms with Crippen molar-refractivity contribution in [3.05, 3.63) is 70.9 Å². The van der Waals surface area contributed by atoms with Gasteiger partial charge >= 0.3 is 12.0 Å². The van der Waals surface area contributed by atoms with Crippen molar-refractivity contribution in [2.45, 2.75) is 32.7 Å². The molecular formula is C27H33N3O6. The fraction of sp³-hybridized carbons (Fsp3) is 0.370. The van der Waals surface area contributed by atoms with Gasteiger partial charge in [-0.2, -0.15) is 0 Å². The molecule has 2 aromatic carbocycles. The number of carbonyl (C=O) groups is 3. The van der Waals surface area contributed by atoms with E-state index in [9.17, 15) is 14.4 Å². The molecule has 9 nitrogen and oxygen atoms in total. The van der Waals surface area contributed by atoms with Gasteiger partial charge in [-0.05, 0) is 55.3 Å². The zero-order chi connectivity index (χ0) is 26.1. The standard InChI is InChI=1S/C27H33N3O6/c1-5-6-15-30-18(2)23(26(32)36-17-16-34-3)24(29-27(30)33)19-7-11-21(12-8-19)28-25(31)20-9-13-22(35-4)14-10-20/h7-14,24H,5-6,15-17H2,1-4H3,(H,28,31)(H,29,33). The molecule has 3 amide bonds. The minimum absolute atomic E-state index is 0.109. The number of hydrogen-bond acceptors (Lipinski definition) is 6. The third-order valence-electron chi connectivity index (χ3n) is 5.93. The third kappa shape index (κ3) is 6.42. The Hall–Kier alpha value is -3.85. The highest BCUT2D eigenvalue weighted by Gasteiger charge is 2.36. The Kier molecular flexibility index (Phi) is 9.46. The second-order valence-corrected chi connectivity index (χ2v) is 8.32. The molecule has 0 aromatic heterocycles. The average Bonchev–Trinajstić information content (AvgIpc) is 2.88. The molecule has 192 valence electrons. The number of nitrogens with one attached hydrogen (secondary N) is 2. The Balaban J connectivity index is 1.82. The molecule has 1 aliphatic heterocycles. The van der Waals surface area contributed by atoms with Gasteiger partial charge in [0.2, 0.25) is 0 Å². The van der Waals surface area contributed by atoms with Crippen molar-refractivity contribution in [2.24, 2.45) is 0 Å². The summed E-state index contributed by atoms with van der Waals surface area (Å²) >= 11 is 0. The van der Waals surface area contributed by atoms with Crippen LogP contribution in [0.1, 0.15) is 48.7 Å². The van der Waals surface area contributed by atoms with Gasteiger partial charge in [-0.25, -0.2) is 9.59 Å². The van der Waals surface area contributed by atoms with E-state index in [4.69, 9.17) is 14.2 Å². The number of ether oxygens (including phenoxy) is 3. The van der Waals surface area contributed by atoms with Gasteiger partial charge in [-0.3, -0.25) is 9.69 Å². The fourth-order valence-electron chi connectivity index (χ4n) is 3.88. The number of urea groups is 1. The van der Waals surface area contributed by atoms with Crippen LogP contribution in [-0.2, 0) is 14.3 Å². The number of nitrogens with zero attached hydrogens (tertiary/aromatic N) is 1. The van der Waals surface area contributed by atoms with E-state index in [1.54, 1.807) is 67.5 Å². The van der Waals surface area contributed by atoms with Gasteiger partial charge in [-0.1, -0.05) is 25.5 Å². The molecule has 3 rings (SSSR count). The first-order chi connectivity index (χ1) is 17.4. The molecular weight excluding hydrogens is 462 g/mol. The van der Waals surface area contributed by atoms with Crippen LogP contribution in [0.5, 0.6) is 5.75 Å². The lowest BCUT2D eigenvalue weighted by molar-refractivity contribution is -0.140. The van der Waals surface area contributed by atoms with E-state index in [1.165, 1.54) is 7.11 Å². The highest BCUT2D eigenvalue weighted by molar-refractivity contribution is 6.04. The van der Waals surface area contributed by atoms with E-state index in [2.05, 4.69) is 10.6 Å². The fourth-order valence-corrected chi connectivity index (χ4v) is 3.88. The number of methoxy groups -OCH3 is 2. The molecule has 0 aliphatic carbocycles. The summed E-state index contributed by atoms with van der Waals surface area (Å²) in [6, 6.07) is 12.8. The summed E-state index contributed by atoms with van der Waals surface area (Å²) in [6.45, 7) is 4.69.